The van der Waals surface area contributed by atoms with Gasteiger partial charge in [0, 0.05) is 11.9 Å². The molecule has 15 heavy (non-hydrogen) atoms. The van der Waals surface area contributed by atoms with Crippen molar-refractivity contribution in [1.82, 2.24) is 4.98 Å². The summed E-state index contributed by atoms with van der Waals surface area (Å²) in [6.07, 6.45) is 1.70. The average Bonchev–Trinajstić information content (AvgIpc) is 2.31. The fraction of sp³-hybridized carbons (Fsp3) is 0.500. The third-order valence-electron chi connectivity index (χ3n) is 1.94. The van der Waals surface area contributed by atoms with E-state index in [-0.39, 0.29) is 6.54 Å². The van der Waals surface area contributed by atoms with E-state index in [2.05, 4.69) is 18.8 Å². The second-order valence-corrected chi connectivity index (χ2v) is 23.0. The topological polar surface area (TPSA) is 36.7 Å². The molecule has 1 N–H and O–H groups in total. The molecule has 0 saturated heterocycles. The molecule has 0 bridgehead atoms. The van der Waals surface area contributed by atoms with Crippen molar-refractivity contribution in [3.05, 3.63) is 35.8 Å². The third kappa shape index (κ3) is 8.31. The Morgan fingerprint density at radius 1 is 1.27 bits per heavy atom. The Morgan fingerprint density at radius 2 is 1.87 bits per heavy atom. The van der Waals surface area contributed by atoms with Crippen LogP contribution in [0.15, 0.2) is 24.4 Å². The van der Waals surface area contributed by atoms with Crippen molar-refractivity contribution in [3.8, 4) is 0 Å². The van der Waals surface area contributed by atoms with E-state index in [4.69, 9.17) is 23.6 Å². The van der Waals surface area contributed by atoms with E-state index in [0.29, 0.717) is 0 Å². The number of hydrogen-bond acceptors (Lipinski definition) is 1. The van der Waals surface area contributed by atoms with Crippen LogP contribution in [0.4, 0.5) is 0 Å². The summed E-state index contributed by atoms with van der Waals surface area (Å²) in [4.78, 5) is 3.91. The summed E-state index contributed by atoms with van der Waals surface area (Å²) in [5.74, 6) is 0. The van der Waals surface area contributed by atoms with E-state index in [1.54, 1.807) is 6.20 Å². The summed E-state index contributed by atoms with van der Waals surface area (Å²) < 4.78 is 2.07. The first-order chi connectivity index (χ1) is 7.05. The molecule has 0 unspecified atom stereocenters. The summed E-state index contributed by atoms with van der Waals surface area (Å²) in [5.41, 5.74) is 7.71. The molecule has 1 aromatic rings. The monoisotopic (exact) mass is 355 g/mol. The quantitative estimate of drug-likeness (QED) is 0.732. The zero-order valence-electron chi connectivity index (χ0n) is 9.13. The van der Waals surface area contributed by atoms with Gasteiger partial charge in [0.15, 0.2) is 0 Å². The van der Waals surface area contributed by atoms with Gasteiger partial charge in [-0.05, 0) is 12.1 Å². The minimum Gasteiger partial charge on any atom is -0.672 e. The molecule has 0 amide bonds. The largest absolute Gasteiger partial charge is 0.672 e. The van der Waals surface area contributed by atoms with Gasteiger partial charge in [-0.1, -0.05) is 6.07 Å². The zero-order valence-corrected chi connectivity index (χ0v) is 13.5. The van der Waals surface area contributed by atoms with Gasteiger partial charge in [-0.2, -0.15) is 0 Å². The molecule has 2 nitrogen and oxygen atoms in total. The average molecular weight is 355 g/mol. The molecule has 5 heteroatoms. The first kappa shape index (κ1) is 15.5. The van der Waals surface area contributed by atoms with Crippen molar-refractivity contribution in [3.63, 3.8) is 0 Å². The Kier molecular flexibility index (Phi) is 8.90. The molecule has 0 saturated carbocycles. The number of aromatic nitrogens is 1. The molecule has 0 aliphatic carbocycles. The first-order valence-electron chi connectivity index (χ1n) is 4.98. The molecular weight excluding hydrogens is 338 g/mol. The molecule has 0 atom stereocenters. The molecule has 0 aliphatic heterocycles. The second-order valence-electron chi connectivity index (χ2n) is 3.06. The van der Waals surface area contributed by atoms with E-state index in [1.165, 1.54) is 0 Å². The summed E-state index contributed by atoms with van der Waals surface area (Å²) in [6.45, 7) is 4.42. The summed E-state index contributed by atoms with van der Waals surface area (Å²) in [5, 5.41) is 0. The van der Waals surface area contributed by atoms with Gasteiger partial charge in [-0.3, -0.25) is 4.98 Å². The Labute approximate surface area is 103 Å². The predicted molar refractivity (Wildman–Crippen MR) is 70.7 cm³/mol. The van der Waals surface area contributed by atoms with Crippen LogP contribution in [0, 0.1) is 0 Å². The van der Waals surface area contributed by atoms with Gasteiger partial charge < -0.3 is 5.73 Å². The maximum absolute atomic E-state index is 6.88. The van der Waals surface area contributed by atoms with Gasteiger partial charge in [-0.25, -0.2) is 0 Å². The van der Waals surface area contributed by atoms with Crippen LogP contribution in [0.1, 0.15) is 19.5 Å². The Hall–Kier alpha value is 0.489. The Bertz CT molecular complexity index is 249. The smallest absolute Gasteiger partial charge is 0.0270 e. The van der Waals surface area contributed by atoms with Crippen LogP contribution in [0.25, 0.3) is 5.73 Å². The van der Waals surface area contributed by atoms with Crippen molar-refractivity contribution < 1.29 is 0 Å². The van der Waals surface area contributed by atoms with Crippen molar-refractivity contribution in [2.75, 3.05) is 0 Å². The minimum atomic E-state index is -2.34. The number of nitrogens with one attached hydrogen (secondary N) is 1. The number of rotatable bonds is 3. The molecule has 1 rings (SSSR count). The van der Waals surface area contributed by atoms with Gasteiger partial charge in [0.25, 0.3) is 0 Å². The van der Waals surface area contributed by atoms with Gasteiger partial charge in [-0.15, -0.1) is 6.54 Å². The fourth-order valence-electron chi connectivity index (χ4n) is 0.753. The van der Waals surface area contributed by atoms with Crippen LogP contribution in [-0.4, -0.2) is 21.1 Å². The summed E-state index contributed by atoms with van der Waals surface area (Å²) in [7, 11) is 11.8. The number of halogens is 2. The van der Waals surface area contributed by atoms with Crippen LogP contribution in [0.2, 0.25) is 8.87 Å². The summed E-state index contributed by atoms with van der Waals surface area (Å²) >= 11 is -2.34. The van der Waals surface area contributed by atoms with Crippen molar-refractivity contribution in [1.29, 1.82) is 0 Å². The van der Waals surface area contributed by atoms with E-state index in [1.807, 2.05) is 18.2 Å². The molecule has 1 aromatic heterocycles. The van der Waals surface area contributed by atoms with E-state index >= 15 is 0 Å². The number of nitrogens with zero attached hydrogens (tertiary/aromatic N) is 1. The van der Waals surface area contributed by atoms with E-state index in [9.17, 15) is 0 Å². The van der Waals surface area contributed by atoms with Gasteiger partial charge in [0.1, 0.15) is 0 Å². The molecule has 0 radical (unpaired) electrons. The van der Waals surface area contributed by atoms with Crippen LogP contribution >= 0.6 is 17.8 Å². The molecule has 0 aliphatic rings. The summed E-state index contributed by atoms with van der Waals surface area (Å²) in [6, 6.07) is 5.57. The van der Waals surface area contributed by atoms with Gasteiger partial charge in [0.05, 0.1) is 0 Å². The van der Waals surface area contributed by atoms with Gasteiger partial charge in [0.2, 0.25) is 0 Å². The van der Waals surface area contributed by atoms with Gasteiger partial charge >= 0.3 is 56.7 Å². The van der Waals surface area contributed by atoms with Crippen molar-refractivity contribution in [2.24, 2.45) is 0 Å². The van der Waals surface area contributed by atoms with Crippen molar-refractivity contribution >= 4 is 34.0 Å². The van der Waals surface area contributed by atoms with Crippen LogP contribution < -0.4 is 0 Å². The number of pyridine rings is 1. The van der Waals surface area contributed by atoms with Crippen LogP contribution in [-0.2, 0) is 6.54 Å². The fourth-order valence-corrected chi connectivity index (χ4v) is 2.18. The number of hydrogen-bond donors (Lipinski definition) is 0. The van der Waals surface area contributed by atoms with Crippen molar-refractivity contribution in [2.45, 2.75) is 29.3 Å². The molecule has 0 aromatic carbocycles. The Morgan fingerprint density at radius 3 is 2.07 bits per heavy atom. The maximum atomic E-state index is 6.88. The Balaban J connectivity index is 0.000000265. The van der Waals surface area contributed by atoms with E-state index in [0.717, 1.165) is 14.6 Å². The van der Waals surface area contributed by atoms with Crippen LogP contribution in [0.3, 0.4) is 0 Å². The maximum Gasteiger partial charge on any atom is 0.0270 e. The molecule has 86 valence electrons. The SMILES string of the molecule is C[CH2][Sn]([Cl])([Cl])[CH2]C.[NH-]Cc1ccccn1. The normalized spacial score (nSPS) is 10.5. The standard InChI is InChI=1S/C6H7N2.2C2H5.2ClH.Sn/c7-5-6-3-1-2-4-8-6;2*1-2;;;/h1-4,7H,5H2;2*1H2,2H3;2*1H;/q-1;;;;;+2/p-2. The van der Waals surface area contributed by atoms with Crippen LogP contribution in [0.5, 0.6) is 0 Å². The molecule has 0 fully saturated rings. The molecule has 0 spiro atoms. The second kappa shape index (κ2) is 8.62. The molecular formula is C10H17Cl2N2Sn-. The zero-order chi connectivity index (χ0) is 11.7. The minimum absolute atomic E-state index is 0.279. The molecule has 1 heterocycles. The third-order valence-corrected chi connectivity index (χ3v) is 15.0. The van der Waals surface area contributed by atoms with E-state index < -0.39 is 16.1 Å². The first-order valence-corrected chi connectivity index (χ1v) is 16.2. The predicted octanol–water partition coefficient (Wildman–Crippen LogP) is 4.58.